The van der Waals surface area contributed by atoms with Gasteiger partial charge in [0.1, 0.15) is 0 Å². The monoisotopic (exact) mass is 375 g/mol. The summed E-state index contributed by atoms with van der Waals surface area (Å²) in [4.78, 5) is 12.3. The van der Waals surface area contributed by atoms with Crippen molar-refractivity contribution in [3.8, 4) is 17.2 Å². The highest BCUT2D eigenvalue weighted by Gasteiger charge is 2.16. The predicted molar refractivity (Wildman–Crippen MR) is 108 cm³/mol. The molecular weight excluding hydrogens is 354 g/mol. The van der Waals surface area contributed by atoms with E-state index < -0.39 is 0 Å². The number of hydrogen-bond acceptors (Lipinski definition) is 4. The average Bonchev–Trinajstić information content (AvgIpc) is 3.26. The van der Waals surface area contributed by atoms with Crippen molar-refractivity contribution < 1.29 is 14.3 Å². The maximum atomic E-state index is 12.3. The van der Waals surface area contributed by atoms with Crippen LogP contribution in [-0.4, -0.2) is 23.5 Å². The number of benzene rings is 2. The van der Waals surface area contributed by atoms with Crippen LogP contribution in [0, 0.1) is 20.8 Å². The van der Waals surface area contributed by atoms with Gasteiger partial charge in [-0.15, -0.1) is 0 Å². The van der Waals surface area contributed by atoms with Crippen LogP contribution in [0.1, 0.15) is 32.9 Å². The quantitative estimate of drug-likeness (QED) is 0.556. The molecule has 0 saturated carbocycles. The van der Waals surface area contributed by atoms with E-state index in [4.69, 9.17) is 9.47 Å². The third-order valence-electron chi connectivity index (χ3n) is 4.77. The number of hydrogen-bond donors (Lipinski definition) is 1. The first-order valence-electron chi connectivity index (χ1n) is 9.02. The number of aromatic nitrogens is 1. The minimum absolute atomic E-state index is 0.176. The second kappa shape index (κ2) is 7.23. The first-order chi connectivity index (χ1) is 13.5. The first-order valence-corrected chi connectivity index (χ1v) is 9.02. The van der Waals surface area contributed by atoms with Crippen LogP contribution >= 0.6 is 0 Å². The molecule has 1 aliphatic heterocycles. The molecule has 0 aliphatic carbocycles. The molecule has 0 unspecified atom stereocenters. The summed E-state index contributed by atoms with van der Waals surface area (Å²) in [6.45, 7) is 6.33. The largest absolute Gasteiger partial charge is 0.454 e. The molecule has 0 bridgehead atoms. The minimum Gasteiger partial charge on any atom is -0.454 e. The Morgan fingerprint density at radius 1 is 1.04 bits per heavy atom. The van der Waals surface area contributed by atoms with Gasteiger partial charge < -0.3 is 14.0 Å². The van der Waals surface area contributed by atoms with E-state index >= 15 is 0 Å². The lowest BCUT2D eigenvalue weighted by Gasteiger charge is -2.09. The smallest absolute Gasteiger partial charge is 0.271 e. The van der Waals surface area contributed by atoms with Crippen molar-refractivity contribution in [2.75, 3.05) is 6.79 Å². The number of hydrazone groups is 1. The number of nitrogens with zero attached hydrogens (tertiary/aromatic N) is 2. The Morgan fingerprint density at radius 2 is 1.79 bits per heavy atom. The highest BCUT2D eigenvalue weighted by atomic mass is 16.7. The maximum Gasteiger partial charge on any atom is 0.271 e. The molecule has 3 aromatic rings. The SMILES string of the molecule is Cc1ccc(-n2c(C)cc(/C=N/NC(=O)c3ccc4c(c3)OCO4)c2C)cc1. The molecule has 4 rings (SSSR count). The normalized spacial score (nSPS) is 12.5. The van der Waals surface area contributed by atoms with Crippen LogP contribution in [0.3, 0.4) is 0 Å². The van der Waals surface area contributed by atoms with Crippen LogP contribution in [0.15, 0.2) is 53.6 Å². The van der Waals surface area contributed by atoms with Crippen LogP contribution in [0.5, 0.6) is 11.5 Å². The highest BCUT2D eigenvalue weighted by Crippen LogP contribution is 2.32. The number of ether oxygens (including phenoxy) is 2. The lowest BCUT2D eigenvalue weighted by molar-refractivity contribution is 0.0954. The molecule has 6 nitrogen and oxygen atoms in total. The van der Waals surface area contributed by atoms with Gasteiger partial charge in [0.15, 0.2) is 11.5 Å². The number of carbonyl (C=O) groups is 1. The van der Waals surface area contributed by atoms with Gasteiger partial charge in [-0.2, -0.15) is 5.10 Å². The van der Waals surface area contributed by atoms with E-state index in [1.165, 1.54) is 5.56 Å². The Balaban J connectivity index is 1.50. The summed E-state index contributed by atoms with van der Waals surface area (Å²) in [5.41, 5.74) is 8.46. The summed E-state index contributed by atoms with van der Waals surface area (Å²) >= 11 is 0. The first kappa shape index (κ1) is 17.9. The van der Waals surface area contributed by atoms with Gasteiger partial charge in [0, 0.05) is 28.2 Å². The van der Waals surface area contributed by atoms with Crippen molar-refractivity contribution in [3.63, 3.8) is 0 Å². The molecule has 0 radical (unpaired) electrons. The van der Waals surface area contributed by atoms with Crippen molar-refractivity contribution in [1.82, 2.24) is 9.99 Å². The van der Waals surface area contributed by atoms with Crippen molar-refractivity contribution in [1.29, 1.82) is 0 Å². The standard InChI is InChI=1S/C22H21N3O3/c1-14-4-7-19(8-5-14)25-15(2)10-18(16(25)3)12-23-24-22(26)17-6-9-20-21(11-17)28-13-27-20/h4-12H,13H2,1-3H3,(H,24,26)/b23-12+. The highest BCUT2D eigenvalue weighted by molar-refractivity contribution is 5.95. The van der Waals surface area contributed by atoms with Gasteiger partial charge in [0.25, 0.3) is 5.91 Å². The van der Waals surface area contributed by atoms with E-state index in [0.717, 1.165) is 22.6 Å². The Bertz CT molecular complexity index is 1070. The average molecular weight is 375 g/mol. The Kier molecular flexibility index (Phi) is 4.61. The zero-order valence-electron chi connectivity index (χ0n) is 16.0. The summed E-state index contributed by atoms with van der Waals surface area (Å²) in [5.74, 6) is 0.906. The fraction of sp³-hybridized carbons (Fsp3) is 0.182. The van der Waals surface area contributed by atoms with Crippen LogP contribution in [0.4, 0.5) is 0 Å². The number of aryl methyl sites for hydroxylation is 2. The minimum atomic E-state index is -0.304. The van der Waals surface area contributed by atoms with Gasteiger partial charge in [-0.1, -0.05) is 17.7 Å². The van der Waals surface area contributed by atoms with E-state index in [9.17, 15) is 4.79 Å². The van der Waals surface area contributed by atoms with E-state index in [1.807, 2.05) is 13.0 Å². The van der Waals surface area contributed by atoms with Crippen LogP contribution in [-0.2, 0) is 0 Å². The Morgan fingerprint density at radius 3 is 2.57 bits per heavy atom. The summed E-state index contributed by atoms with van der Waals surface area (Å²) < 4.78 is 12.7. The summed E-state index contributed by atoms with van der Waals surface area (Å²) in [7, 11) is 0. The van der Waals surface area contributed by atoms with Crippen molar-refractivity contribution in [2.24, 2.45) is 5.10 Å². The second-order valence-electron chi connectivity index (χ2n) is 6.76. The molecule has 0 fully saturated rings. The number of nitrogens with one attached hydrogen (secondary N) is 1. The third-order valence-corrected chi connectivity index (χ3v) is 4.77. The van der Waals surface area contributed by atoms with E-state index in [1.54, 1.807) is 24.4 Å². The topological polar surface area (TPSA) is 64.9 Å². The molecule has 142 valence electrons. The second-order valence-corrected chi connectivity index (χ2v) is 6.76. The molecule has 1 amide bonds. The van der Waals surface area contributed by atoms with Crippen LogP contribution in [0.25, 0.3) is 5.69 Å². The molecule has 2 heterocycles. The maximum absolute atomic E-state index is 12.3. The molecule has 1 aromatic heterocycles. The van der Waals surface area contributed by atoms with Crippen molar-refractivity contribution >= 4 is 12.1 Å². The zero-order chi connectivity index (χ0) is 19.7. The Hall–Kier alpha value is -3.54. The van der Waals surface area contributed by atoms with Crippen molar-refractivity contribution in [3.05, 3.63) is 76.6 Å². The summed E-state index contributed by atoms with van der Waals surface area (Å²) in [6.07, 6.45) is 1.66. The fourth-order valence-electron chi connectivity index (χ4n) is 3.27. The van der Waals surface area contributed by atoms with E-state index in [2.05, 4.69) is 53.2 Å². The number of fused-ring (bicyclic) bond motifs is 1. The third kappa shape index (κ3) is 3.36. The molecular formula is C22H21N3O3. The van der Waals surface area contributed by atoms with Gasteiger partial charge in [0.2, 0.25) is 6.79 Å². The van der Waals surface area contributed by atoms with Crippen LogP contribution in [0.2, 0.25) is 0 Å². The number of amides is 1. The lowest BCUT2D eigenvalue weighted by atomic mass is 10.2. The Labute approximate surface area is 163 Å². The molecule has 1 N–H and O–H groups in total. The van der Waals surface area contributed by atoms with Gasteiger partial charge in [0.05, 0.1) is 6.21 Å². The molecule has 0 atom stereocenters. The molecule has 6 heteroatoms. The fourth-order valence-corrected chi connectivity index (χ4v) is 3.27. The lowest BCUT2D eigenvalue weighted by Crippen LogP contribution is -2.17. The zero-order valence-corrected chi connectivity index (χ0v) is 16.0. The summed E-state index contributed by atoms with van der Waals surface area (Å²) in [5, 5.41) is 4.12. The van der Waals surface area contributed by atoms with Gasteiger partial charge in [-0.25, -0.2) is 5.43 Å². The molecule has 1 aliphatic rings. The van der Waals surface area contributed by atoms with E-state index in [0.29, 0.717) is 17.1 Å². The number of rotatable bonds is 4. The molecule has 0 saturated heterocycles. The van der Waals surface area contributed by atoms with Crippen LogP contribution < -0.4 is 14.9 Å². The van der Waals surface area contributed by atoms with Gasteiger partial charge >= 0.3 is 0 Å². The predicted octanol–water partition coefficient (Wildman–Crippen LogP) is 3.90. The summed E-state index contributed by atoms with van der Waals surface area (Å²) in [6, 6.07) is 15.5. The molecule has 2 aromatic carbocycles. The number of carbonyl (C=O) groups excluding carboxylic acids is 1. The van der Waals surface area contributed by atoms with Crippen molar-refractivity contribution in [2.45, 2.75) is 20.8 Å². The molecule has 0 spiro atoms. The van der Waals surface area contributed by atoms with E-state index in [-0.39, 0.29) is 12.7 Å². The van der Waals surface area contributed by atoms with Gasteiger partial charge in [-0.3, -0.25) is 4.79 Å². The molecule has 28 heavy (non-hydrogen) atoms. The van der Waals surface area contributed by atoms with Gasteiger partial charge in [-0.05, 0) is 57.2 Å².